The summed E-state index contributed by atoms with van der Waals surface area (Å²) in [6, 6.07) is 11.7. The largest absolute Gasteiger partial charge is 0.352 e. The first-order chi connectivity index (χ1) is 15.8. The monoisotopic (exact) mass is 507 g/mol. The number of aryl methyl sites for hydroxylation is 2. The molecule has 0 saturated heterocycles. The van der Waals surface area contributed by atoms with Gasteiger partial charge in [-0.05, 0) is 57.4 Å². The van der Waals surface area contributed by atoms with Gasteiger partial charge in [-0.15, -0.1) is 0 Å². The molecule has 0 aliphatic rings. The standard InChI is InChI=1S/C25H34ClN3O4S/c1-7-19(4)27-25(31)20(5)28(15-21-11-8-17(2)9-12-21)24(30)16-29(34(6,32)33)23-14-22(26)13-10-18(23)3/h8-14,19-20H,7,15-16H2,1-6H3,(H,27,31)/t19-,20+/m1/s1. The summed E-state index contributed by atoms with van der Waals surface area (Å²) in [5.74, 6) is -0.781. The van der Waals surface area contributed by atoms with Gasteiger partial charge < -0.3 is 10.2 Å². The van der Waals surface area contributed by atoms with Gasteiger partial charge in [-0.3, -0.25) is 13.9 Å². The van der Waals surface area contributed by atoms with Crippen molar-refractivity contribution in [2.45, 2.75) is 59.7 Å². The van der Waals surface area contributed by atoms with E-state index in [4.69, 9.17) is 11.6 Å². The molecule has 186 valence electrons. The lowest BCUT2D eigenvalue weighted by molar-refractivity contribution is -0.139. The van der Waals surface area contributed by atoms with E-state index >= 15 is 0 Å². The van der Waals surface area contributed by atoms with E-state index in [1.54, 1.807) is 26.0 Å². The van der Waals surface area contributed by atoms with Gasteiger partial charge in [0, 0.05) is 17.6 Å². The summed E-state index contributed by atoms with van der Waals surface area (Å²) in [7, 11) is -3.81. The highest BCUT2D eigenvalue weighted by Crippen LogP contribution is 2.26. The molecule has 0 spiro atoms. The van der Waals surface area contributed by atoms with E-state index in [1.807, 2.05) is 45.0 Å². The van der Waals surface area contributed by atoms with Crippen LogP contribution in [-0.2, 0) is 26.2 Å². The molecule has 2 amide bonds. The fourth-order valence-electron chi connectivity index (χ4n) is 3.38. The van der Waals surface area contributed by atoms with E-state index in [1.165, 1.54) is 11.0 Å². The molecule has 2 atom stereocenters. The predicted octanol–water partition coefficient (Wildman–Crippen LogP) is 4.05. The number of nitrogens with one attached hydrogen (secondary N) is 1. The Balaban J connectivity index is 2.42. The zero-order valence-corrected chi connectivity index (χ0v) is 22.2. The molecule has 0 aliphatic heterocycles. The number of nitrogens with zero attached hydrogens (tertiary/aromatic N) is 2. The second kappa shape index (κ2) is 11.7. The van der Waals surface area contributed by atoms with E-state index in [2.05, 4.69) is 5.32 Å². The third kappa shape index (κ3) is 7.46. The predicted molar refractivity (Wildman–Crippen MR) is 137 cm³/mol. The fraction of sp³-hybridized carbons (Fsp3) is 0.440. The van der Waals surface area contributed by atoms with Crippen LogP contribution in [0.1, 0.15) is 43.9 Å². The molecule has 2 aromatic rings. The summed E-state index contributed by atoms with van der Waals surface area (Å²) >= 11 is 6.11. The van der Waals surface area contributed by atoms with E-state index in [0.717, 1.165) is 28.1 Å². The lowest BCUT2D eigenvalue weighted by atomic mass is 10.1. The maximum atomic E-state index is 13.5. The van der Waals surface area contributed by atoms with Crippen molar-refractivity contribution in [3.8, 4) is 0 Å². The molecule has 0 aromatic heterocycles. The van der Waals surface area contributed by atoms with Gasteiger partial charge in [0.1, 0.15) is 12.6 Å². The first-order valence-electron chi connectivity index (χ1n) is 11.2. The first kappa shape index (κ1) is 27.7. The highest BCUT2D eigenvalue weighted by molar-refractivity contribution is 7.92. The van der Waals surface area contributed by atoms with Crippen LogP contribution in [0.4, 0.5) is 5.69 Å². The van der Waals surface area contributed by atoms with Crippen LogP contribution < -0.4 is 9.62 Å². The molecule has 0 radical (unpaired) electrons. The number of hydrogen-bond donors (Lipinski definition) is 1. The third-order valence-corrected chi connectivity index (χ3v) is 7.12. The first-order valence-corrected chi connectivity index (χ1v) is 13.4. The average Bonchev–Trinajstić information content (AvgIpc) is 2.77. The average molecular weight is 508 g/mol. The Kier molecular flexibility index (Phi) is 9.53. The summed E-state index contributed by atoms with van der Waals surface area (Å²) in [6.07, 6.45) is 1.80. The fourth-order valence-corrected chi connectivity index (χ4v) is 4.45. The van der Waals surface area contributed by atoms with Gasteiger partial charge in [0.15, 0.2) is 0 Å². The summed E-state index contributed by atoms with van der Waals surface area (Å²) in [6.45, 7) is 8.94. The molecule has 34 heavy (non-hydrogen) atoms. The van der Waals surface area contributed by atoms with Crippen molar-refractivity contribution in [1.82, 2.24) is 10.2 Å². The van der Waals surface area contributed by atoms with Crippen molar-refractivity contribution in [1.29, 1.82) is 0 Å². The normalized spacial score (nSPS) is 13.1. The molecule has 2 rings (SSSR count). The minimum Gasteiger partial charge on any atom is -0.352 e. The van der Waals surface area contributed by atoms with E-state index in [-0.39, 0.29) is 18.5 Å². The van der Waals surface area contributed by atoms with Crippen molar-refractivity contribution in [2.24, 2.45) is 0 Å². The Morgan fingerprint density at radius 2 is 1.68 bits per heavy atom. The van der Waals surface area contributed by atoms with Crippen LogP contribution in [0.2, 0.25) is 5.02 Å². The van der Waals surface area contributed by atoms with Gasteiger partial charge in [0.2, 0.25) is 21.8 Å². The Labute approximate surface area is 208 Å². The molecule has 7 nitrogen and oxygen atoms in total. The molecule has 0 heterocycles. The van der Waals surface area contributed by atoms with Gasteiger partial charge in [0.25, 0.3) is 0 Å². The Hall–Kier alpha value is -2.58. The van der Waals surface area contributed by atoms with Gasteiger partial charge in [0.05, 0.1) is 11.9 Å². The number of benzene rings is 2. The van der Waals surface area contributed by atoms with E-state index < -0.39 is 28.5 Å². The van der Waals surface area contributed by atoms with Crippen molar-refractivity contribution in [2.75, 3.05) is 17.1 Å². The number of halogens is 1. The number of carbonyl (C=O) groups is 2. The second-order valence-corrected chi connectivity index (χ2v) is 11.0. The van der Waals surface area contributed by atoms with E-state index in [0.29, 0.717) is 16.3 Å². The highest BCUT2D eigenvalue weighted by atomic mass is 35.5. The molecule has 2 aromatic carbocycles. The summed E-state index contributed by atoms with van der Waals surface area (Å²) < 4.78 is 26.4. The number of carbonyl (C=O) groups excluding carboxylic acids is 2. The summed E-state index contributed by atoms with van der Waals surface area (Å²) in [5, 5.41) is 3.27. The molecular formula is C25H34ClN3O4S. The highest BCUT2D eigenvalue weighted by Gasteiger charge is 2.31. The summed E-state index contributed by atoms with van der Waals surface area (Å²) in [4.78, 5) is 27.9. The second-order valence-electron chi connectivity index (χ2n) is 8.70. The van der Waals surface area contributed by atoms with Gasteiger partial charge >= 0.3 is 0 Å². The van der Waals surface area contributed by atoms with Crippen LogP contribution in [0.15, 0.2) is 42.5 Å². The van der Waals surface area contributed by atoms with Crippen molar-refractivity contribution >= 4 is 39.1 Å². The molecular weight excluding hydrogens is 474 g/mol. The molecule has 0 unspecified atom stereocenters. The number of rotatable bonds is 10. The number of hydrogen-bond acceptors (Lipinski definition) is 4. The molecule has 0 saturated carbocycles. The minimum absolute atomic E-state index is 0.0482. The minimum atomic E-state index is -3.81. The molecule has 0 bridgehead atoms. The number of sulfonamides is 1. The van der Waals surface area contributed by atoms with Crippen LogP contribution in [0.5, 0.6) is 0 Å². The Bertz CT molecular complexity index is 1120. The molecule has 9 heteroatoms. The van der Waals surface area contributed by atoms with Crippen LogP contribution in [-0.4, -0.2) is 50.0 Å². The van der Waals surface area contributed by atoms with Crippen LogP contribution >= 0.6 is 11.6 Å². The molecule has 1 N–H and O–H groups in total. The van der Waals surface area contributed by atoms with E-state index in [9.17, 15) is 18.0 Å². The Morgan fingerprint density at radius 1 is 1.06 bits per heavy atom. The van der Waals surface area contributed by atoms with Crippen molar-refractivity contribution in [3.05, 3.63) is 64.2 Å². The molecule has 0 aliphatic carbocycles. The zero-order valence-electron chi connectivity index (χ0n) is 20.6. The topological polar surface area (TPSA) is 86.8 Å². The maximum absolute atomic E-state index is 13.5. The van der Waals surface area contributed by atoms with Gasteiger partial charge in [-0.1, -0.05) is 54.4 Å². The SMILES string of the molecule is CC[C@@H](C)NC(=O)[C@H](C)N(Cc1ccc(C)cc1)C(=O)CN(c1cc(Cl)ccc1C)S(C)(=O)=O. The van der Waals surface area contributed by atoms with Crippen molar-refractivity contribution in [3.63, 3.8) is 0 Å². The number of amides is 2. The van der Waals surface area contributed by atoms with Crippen molar-refractivity contribution < 1.29 is 18.0 Å². The number of anilines is 1. The zero-order chi connectivity index (χ0) is 25.6. The van der Waals surface area contributed by atoms with Gasteiger partial charge in [-0.2, -0.15) is 0 Å². The quantitative estimate of drug-likeness (QED) is 0.525. The third-order valence-electron chi connectivity index (χ3n) is 5.76. The van der Waals surface area contributed by atoms with Crippen LogP contribution in [0, 0.1) is 13.8 Å². The lowest BCUT2D eigenvalue weighted by Crippen LogP contribution is -2.52. The lowest BCUT2D eigenvalue weighted by Gasteiger charge is -2.32. The van der Waals surface area contributed by atoms with Crippen LogP contribution in [0.3, 0.4) is 0 Å². The smallest absolute Gasteiger partial charge is 0.244 e. The maximum Gasteiger partial charge on any atom is 0.244 e. The molecule has 0 fully saturated rings. The van der Waals surface area contributed by atoms with Gasteiger partial charge in [-0.25, -0.2) is 8.42 Å². The van der Waals surface area contributed by atoms with Crippen LogP contribution in [0.25, 0.3) is 0 Å². The Morgan fingerprint density at radius 3 is 2.24 bits per heavy atom. The summed E-state index contributed by atoms with van der Waals surface area (Å²) in [5.41, 5.74) is 2.90.